The van der Waals surface area contributed by atoms with Crippen LogP contribution in [-0.2, 0) is 0 Å². The summed E-state index contributed by atoms with van der Waals surface area (Å²) >= 11 is 9.73. The maximum absolute atomic E-state index is 6.33. The van der Waals surface area contributed by atoms with Gasteiger partial charge in [0, 0.05) is 4.47 Å². The third kappa shape index (κ3) is 2.47. The number of ether oxygens (including phenoxy) is 1. The molecule has 21 heavy (non-hydrogen) atoms. The van der Waals surface area contributed by atoms with Gasteiger partial charge in [0.25, 0.3) is 0 Å². The lowest BCUT2D eigenvalue weighted by Crippen LogP contribution is -2.01. The van der Waals surface area contributed by atoms with Crippen LogP contribution in [0.2, 0.25) is 5.02 Å². The van der Waals surface area contributed by atoms with Gasteiger partial charge in [0.05, 0.1) is 22.8 Å². The highest BCUT2D eigenvalue weighted by Crippen LogP contribution is 2.33. The summed E-state index contributed by atoms with van der Waals surface area (Å²) in [6, 6.07) is 11.4. The Balaban J connectivity index is 2.28. The number of rotatable bonds is 3. The molecule has 0 amide bonds. The van der Waals surface area contributed by atoms with Crippen molar-refractivity contribution in [1.29, 1.82) is 0 Å². The standard InChI is InChI=1S/C15H13BrClN3O/c1-2-21-13-5-3-4-12-14(13)19-15(18)20(12)11-7-6-9(16)8-10(11)17/h3-8H,2H2,1H3,(H2,18,19). The summed E-state index contributed by atoms with van der Waals surface area (Å²) in [7, 11) is 0. The number of aromatic nitrogens is 2. The number of para-hydroxylation sites is 1. The number of benzene rings is 2. The first-order valence-electron chi connectivity index (χ1n) is 6.47. The van der Waals surface area contributed by atoms with E-state index in [1.807, 2.05) is 47.9 Å². The number of imidazole rings is 1. The molecule has 0 aliphatic heterocycles. The number of anilines is 1. The predicted octanol–water partition coefficient (Wildman–Crippen LogP) is 4.42. The van der Waals surface area contributed by atoms with Crippen molar-refractivity contribution >= 4 is 44.5 Å². The second-order valence-corrected chi connectivity index (χ2v) is 5.78. The molecule has 0 aliphatic rings. The first-order valence-corrected chi connectivity index (χ1v) is 7.64. The number of halogens is 2. The quantitative estimate of drug-likeness (QED) is 0.746. The van der Waals surface area contributed by atoms with Gasteiger partial charge in [-0.25, -0.2) is 4.98 Å². The molecule has 0 unspecified atom stereocenters. The van der Waals surface area contributed by atoms with Gasteiger partial charge in [0.2, 0.25) is 5.95 Å². The van der Waals surface area contributed by atoms with Crippen LogP contribution < -0.4 is 10.5 Å². The van der Waals surface area contributed by atoms with E-state index in [0.717, 1.165) is 21.2 Å². The Hall–Kier alpha value is -1.72. The Labute approximate surface area is 135 Å². The van der Waals surface area contributed by atoms with Crippen molar-refractivity contribution in [3.8, 4) is 11.4 Å². The van der Waals surface area contributed by atoms with Crippen LogP contribution in [0.1, 0.15) is 6.92 Å². The third-order valence-corrected chi connectivity index (χ3v) is 3.92. The highest BCUT2D eigenvalue weighted by atomic mass is 79.9. The molecule has 0 atom stereocenters. The molecular formula is C15H13BrClN3O. The molecule has 0 saturated carbocycles. The van der Waals surface area contributed by atoms with Crippen LogP contribution >= 0.6 is 27.5 Å². The van der Waals surface area contributed by atoms with Crippen molar-refractivity contribution in [3.63, 3.8) is 0 Å². The Kier molecular flexibility index (Phi) is 3.78. The molecule has 2 aromatic carbocycles. The summed E-state index contributed by atoms with van der Waals surface area (Å²) in [6.45, 7) is 2.51. The largest absolute Gasteiger partial charge is 0.492 e. The molecular weight excluding hydrogens is 354 g/mol. The minimum absolute atomic E-state index is 0.376. The van der Waals surface area contributed by atoms with Crippen LogP contribution in [0.3, 0.4) is 0 Å². The van der Waals surface area contributed by atoms with Crippen molar-refractivity contribution < 1.29 is 4.74 Å². The van der Waals surface area contributed by atoms with E-state index in [0.29, 0.717) is 23.3 Å². The first kappa shape index (κ1) is 14.2. The number of hydrogen-bond acceptors (Lipinski definition) is 3. The van der Waals surface area contributed by atoms with Gasteiger partial charge in [-0.05, 0) is 37.3 Å². The number of nitrogens with two attached hydrogens (primary N) is 1. The second-order valence-electron chi connectivity index (χ2n) is 4.46. The minimum Gasteiger partial charge on any atom is -0.492 e. The smallest absolute Gasteiger partial charge is 0.206 e. The van der Waals surface area contributed by atoms with Gasteiger partial charge in [-0.2, -0.15) is 0 Å². The van der Waals surface area contributed by atoms with E-state index in [2.05, 4.69) is 20.9 Å². The third-order valence-electron chi connectivity index (χ3n) is 3.12. The first-order chi connectivity index (χ1) is 10.1. The van der Waals surface area contributed by atoms with Crippen LogP contribution in [-0.4, -0.2) is 16.2 Å². The highest BCUT2D eigenvalue weighted by molar-refractivity contribution is 9.10. The van der Waals surface area contributed by atoms with E-state index in [1.54, 1.807) is 0 Å². The number of nitrogens with zero attached hydrogens (tertiary/aromatic N) is 2. The summed E-state index contributed by atoms with van der Waals surface area (Å²) in [5.74, 6) is 1.09. The molecule has 108 valence electrons. The van der Waals surface area contributed by atoms with Gasteiger partial charge in [0.15, 0.2) is 0 Å². The normalized spacial score (nSPS) is 11.0. The molecule has 3 rings (SSSR count). The average Bonchev–Trinajstić information content (AvgIpc) is 2.77. The lowest BCUT2D eigenvalue weighted by atomic mass is 10.2. The van der Waals surface area contributed by atoms with Gasteiger partial charge in [-0.3, -0.25) is 4.57 Å². The minimum atomic E-state index is 0.376. The molecule has 0 fully saturated rings. The monoisotopic (exact) mass is 365 g/mol. The molecule has 0 radical (unpaired) electrons. The molecule has 0 saturated heterocycles. The van der Waals surface area contributed by atoms with Crippen LogP contribution in [0.5, 0.6) is 5.75 Å². The Morgan fingerprint density at radius 2 is 2.14 bits per heavy atom. The fraction of sp³-hybridized carbons (Fsp3) is 0.133. The molecule has 3 aromatic rings. The second kappa shape index (κ2) is 5.58. The van der Waals surface area contributed by atoms with E-state index in [-0.39, 0.29) is 0 Å². The van der Waals surface area contributed by atoms with Crippen molar-refractivity contribution in [2.75, 3.05) is 12.3 Å². The van der Waals surface area contributed by atoms with Crippen molar-refractivity contribution in [1.82, 2.24) is 9.55 Å². The van der Waals surface area contributed by atoms with Gasteiger partial charge in [-0.15, -0.1) is 0 Å². The van der Waals surface area contributed by atoms with E-state index in [9.17, 15) is 0 Å². The SMILES string of the molecule is CCOc1cccc2c1nc(N)n2-c1ccc(Br)cc1Cl. The average molecular weight is 367 g/mol. The number of fused-ring (bicyclic) bond motifs is 1. The Morgan fingerprint density at radius 1 is 1.33 bits per heavy atom. The topological polar surface area (TPSA) is 53.1 Å². The maximum atomic E-state index is 6.33. The van der Waals surface area contributed by atoms with E-state index >= 15 is 0 Å². The Morgan fingerprint density at radius 3 is 2.86 bits per heavy atom. The molecule has 1 heterocycles. The molecule has 4 nitrogen and oxygen atoms in total. The lowest BCUT2D eigenvalue weighted by Gasteiger charge is -2.09. The zero-order valence-corrected chi connectivity index (χ0v) is 13.6. The van der Waals surface area contributed by atoms with Crippen LogP contribution in [0, 0.1) is 0 Å². The van der Waals surface area contributed by atoms with Crippen molar-refractivity contribution in [2.24, 2.45) is 0 Å². The fourth-order valence-corrected chi connectivity index (χ4v) is 3.04. The highest BCUT2D eigenvalue weighted by Gasteiger charge is 2.15. The van der Waals surface area contributed by atoms with Crippen molar-refractivity contribution in [2.45, 2.75) is 6.92 Å². The number of hydrogen-bond donors (Lipinski definition) is 1. The zero-order valence-electron chi connectivity index (χ0n) is 11.3. The maximum Gasteiger partial charge on any atom is 0.206 e. The van der Waals surface area contributed by atoms with Crippen molar-refractivity contribution in [3.05, 3.63) is 45.9 Å². The summed E-state index contributed by atoms with van der Waals surface area (Å²) in [5, 5.41) is 0.595. The van der Waals surface area contributed by atoms with Gasteiger partial charge >= 0.3 is 0 Å². The summed E-state index contributed by atoms with van der Waals surface area (Å²) < 4.78 is 8.34. The molecule has 2 N–H and O–H groups in total. The predicted molar refractivity (Wildman–Crippen MR) is 89.4 cm³/mol. The Bertz CT molecular complexity index is 816. The molecule has 0 bridgehead atoms. The van der Waals surface area contributed by atoms with E-state index in [4.69, 9.17) is 22.1 Å². The molecule has 0 aliphatic carbocycles. The van der Waals surface area contributed by atoms with Gasteiger partial charge < -0.3 is 10.5 Å². The lowest BCUT2D eigenvalue weighted by molar-refractivity contribution is 0.344. The summed E-state index contributed by atoms with van der Waals surface area (Å²) in [4.78, 5) is 4.42. The van der Waals surface area contributed by atoms with Crippen LogP contribution in [0.4, 0.5) is 5.95 Å². The van der Waals surface area contributed by atoms with E-state index < -0.39 is 0 Å². The van der Waals surface area contributed by atoms with E-state index in [1.165, 1.54) is 0 Å². The van der Waals surface area contributed by atoms with Crippen LogP contribution in [0.25, 0.3) is 16.7 Å². The summed E-state index contributed by atoms with van der Waals surface area (Å²) in [6.07, 6.45) is 0. The molecule has 1 aromatic heterocycles. The molecule has 6 heteroatoms. The fourth-order valence-electron chi connectivity index (χ4n) is 2.28. The summed E-state index contributed by atoms with van der Waals surface area (Å²) in [5.41, 5.74) is 8.46. The van der Waals surface area contributed by atoms with Gasteiger partial charge in [0.1, 0.15) is 11.3 Å². The zero-order chi connectivity index (χ0) is 15.0. The van der Waals surface area contributed by atoms with Gasteiger partial charge in [-0.1, -0.05) is 33.6 Å². The number of nitrogen functional groups attached to an aromatic ring is 1. The van der Waals surface area contributed by atoms with Crippen LogP contribution in [0.15, 0.2) is 40.9 Å². The molecule has 0 spiro atoms.